The zero-order valence-corrected chi connectivity index (χ0v) is 8.35. The van der Waals surface area contributed by atoms with E-state index in [4.69, 9.17) is 0 Å². The molecular formula is C11H16F2. The Morgan fingerprint density at radius 2 is 2.15 bits per heavy atom. The summed E-state index contributed by atoms with van der Waals surface area (Å²) >= 11 is 0. The number of allylic oxidation sites excluding steroid dienone is 4. The maximum Gasteiger partial charge on any atom is 0.128 e. The summed E-state index contributed by atoms with van der Waals surface area (Å²) in [5.74, 6) is -0.331. The van der Waals surface area contributed by atoms with Gasteiger partial charge in [0.1, 0.15) is 12.0 Å². The molecule has 0 aliphatic heterocycles. The van der Waals surface area contributed by atoms with Crippen LogP contribution in [0.4, 0.5) is 8.78 Å². The Bertz CT molecular complexity index is 240. The molecule has 74 valence electrons. The monoisotopic (exact) mass is 186 g/mol. The summed E-state index contributed by atoms with van der Waals surface area (Å²) in [5, 5.41) is 0. The Kier molecular flexibility index (Phi) is 3.23. The number of halogens is 2. The van der Waals surface area contributed by atoms with Gasteiger partial charge in [-0.15, -0.1) is 0 Å². The average molecular weight is 186 g/mol. The molecule has 0 heterocycles. The smallest absolute Gasteiger partial charge is 0.128 e. The summed E-state index contributed by atoms with van der Waals surface area (Å²) in [6.07, 6.45) is 2.30. The van der Waals surface area contributed by atoms with Crippen LogP contribution in [0.2, 0.25) is 0 Å². The van der Waals surface area contributed by atoms with E-state index in [2.05, 4.69) is 0 Å². The van der Waals surface area contributed by atoms with E-state index >= 15 is 0 Å². The molecule has 2 heteroatoms. The third-order valence-electron chi connectivity index (χ3n) is 2.81. The molecule has 0 fully saturated rings. The quantitative estimate of drug-likeness (QED) is 0.615. The molecule has 0 bridgehead atoms. The second-order valence-corrected chi connectivity index (χ2v) is 3.74. The van der Waals surface area contributed by atoms with Gasteiger partial charge in [0.2, 0.25) is 0 Å². The van der Waals surface area contributed by atoms with Crippen LogP contribution >= 0.6 is 0 Å². The van der Waals surface area contributed by atoms with Crippen molar-refractivity contribution in [3.8, 4) is 0 Å². The summed E-state index contributed by atoms with van der Waals surface area (Å²) in [5.41, 5.74) is 0.898. The predicted molar refractivity (Wildman–Crippen MR) is 50.8 cm³/mol. The molecule has 13 heavy (non-hydrogen) atoms. The van der Waals surface area contributed by atoms with Crippen LogP contribution in [0.25, 0.3) is 0 Å². The minimum Gasteiger partial charge on any atom is -0.242 e. The second-order valence-electron chi connectivity index (χ2n) is 3.74. The lowest BCUT2D eigenvalue weighted by molar-refractivity contribution is 0.300. The maximum absolute atomic E-state index is 13.2. The lowest BCUT2D eigenvalue weighted by Crippen LogP contribution is -2.20. The van der Waals surface area contributed by atoms with Crippen LogP contribution in [-0.2, 0) is 0 Å². The second kappa shape index (κ2) is 4.03. The van der Waals surface area contributed by atoms with Gasteiger partial charge in [-0.3, -0.25) is 0 Å². The number of hydrogen-bond acceptors (Lipinski definition) is 0. The van der Waals surface area contributed by atoms with Crippen LogP contribution < -0.4 is 0 Å². The normalized spacial score (nSPS) is 30.8. The Morgan fingerprint density at radius 1 is 1.54 bits per heavy atom. The molecule has 3 atom stereocenters. The first kappa shape index (κ1) is 10.4. The van der Waals surface area contributed by atoms with Gasteiger partial charge in [0.25, 0.3) is 0 Å². The minimum atomic E-state index is -1.16. The molecule has 0 N–H and O–H groups in total. The average Bonchev–Trinajstić information content (AvgIpc) is 2.10. The Hall–Kier alpha value is -0.660. The fourth-order valence-corrected chi connectivity index (χ4v) is 1.65. The van der Waals surface area contributed by atoms with Crippen molar-refractivity contribution in [2.45, 2.75) is 33.4 Å². The summed E-state index contributed by atoms with van der Waals surface area (Å²) < 4.78 is 26.1. The molecule has 0 amide bonds. The molecule has 0 saturated carbocycles. The van der Waals surface area contributed by atoms with Crippen molar-refractivity contribution in [3.63, 3.8) is 0 Å². The number of alkyl halides is 1. The van der Waals surface area contributed by atoms with Crippen molar-refractivity contribution < 1.29 is 8.78 Å². The largest absolute Gasteiger partial charge is 0.242 e. The van der Waals surface area contributed by atoms with Gasteiger partial charge in [0.15, 0.2) is 0 Å². The molecule has 0 spiro atoms. The van der Waals surface area contributed by atoms with Crippen LogP contribution in [0.3, 0.4) is 0 Å². The van der Waals surface area contributed by atoms with Crippen molar-refractivity contribution in [1.29, 1.82) is 0 Å². The summed E-state index contributed by atoms with van der Waals surface area (Å²) in [7, 11) is 0. The first-order valence-electron chi connectivity index (χ1n) is 4.79. The van der Waals surface area contributed by atoms with Gasteiger partial charge in [-0.25, -0.2) is 8.78 Å². The number of hydrogen-bond donors (Lipinski definition) is 0. The molecule has 0 aromatic heterocycles. The highest BCUT2D eigenvalue weighted by Crippen LogP contribution is 2.32. The highest BCUT2D eigenvalue weighted by molar-refractivity contribution is 5.29. The van der Waals surface area contributed by atoms with Gasteiger partial charge in [-0.05, 0) is 24.5 Å². The highest BCUT2D eigenvalue weighted by atomic mass is 19.1. The zero-order chi connectivity index (χ0) is 10.0. The van der Waals surface area contributed by atoms with Crippen molar-refractivity contribution >= 4 is 0 Å². The van der Waals surface area contributed by atoms with Gasteiger partial charge in [0.05, 0.1) is 0 Å². The van der Waals surface area contributed by atoms with Crippen molar-refractivity contribution in [2.24, 2.45) is 11.8 Å². The van der Waals surface area contributed by atoms with E-state index in [0.29, 0.717) is 0 Å². The Morgan fingerprint density at radius 3 is 2.69 bits per heavy atom. The molecule has 0 aromatic carbocycles. The van der Waals surface area contributed by atoms with Gasteiger partial charge >= 0.3 is 0 Å². The first-order chi connectivity index (χ1) is 6.06. The Labute approximate surface area is 78.3 Å². The van der Waals surface area contributed by atoms with Gasteiger partial charge in [-0.1, -0.05) is 26.3 Å². The van der Waals surface area contributed by atoms with Crippen LogP contribution in [-0.4, -0.2) is 6.17 Å². The SMILES string of the molecule is CCC(C)C1=CC(F)=CC(F)C1C. The lowest BCUT2D eigenvalue weighted by atomic mass is 9.82. The number of rotatable bonds is 2. The summed E-state index contributed by atoms with van der Waals surface area (Å²) in [6.45, 7) is 5.85. The predicted octanol–water partition coefficient (Wildman–Crippen LogP) is 3.80. The van der Waals surface area contributed by atoms with E-state index in [1.54, 1.807) is 0 Å². The molecular weight excluding hydrogens is 170 g/mol. The van der Waals surface area contributed by atoms with Gasteiger partial charge in [0, 0.05) is 5.92 Å². The van der Waals surface area contributed by atoms with E-state index in [1.165, 1.54) is 6.08 Å². The molecule has 3 unspecified atom stereocenters. The van der Waals surface area contributed by atoms with E-state index < -0.39 is 12.0 Å². The third-order valence-corrected chi connectivity index (χ3v) is 2.81. The molecule has 0 saturated heterocycles. The summed E-state index contributed by atoms with van der Waals surface area (Å²) in [4.78, 5) is 0. The van der Waals surface area contributed by atoms with E-state index in [9.17, 15) is 8.78 Å². The fraction of sp³-hybridized carbons (Fsp3) is 0.636. The molecule has 0 aromatic rings. The Balaban J connectivity index is 2.88. The maximum atomic E-state index is 13.2. The van der Waals surface area contributed by atoms with E-state index in [0.717, 1.165) is 18.1 Å². The highest BCUT2D eigenvalue weighted by Gasteiger charge is 2.25. The van der Waals surface area contributed by atoms with Crippen molar-refractivity contribution in [3.05, 3.63) is 23.6 Å². The van der Waals surface area contributed by atoms with Crippen LogP contribution in [0, 0.1) is 11.8 Å². The zero-order valence-electron chi connectivity index (χ0n) is 8.35. The molecule has 1 rings (SSSR count). The van der Waals surface area contributed by atoms with Crippen molar-refractivity contribution in [1.82, 2.24) is 0 Å². The van der Waals surface area contributed by atoms with Gasteiger partial charge in [-0.2, -0.15) is 0 Å². The topological polar surface area (TPSA) is 0 Å². The lowest BCUT2D eigenvalue weighted by Gasteiger charge is -2.25. The van der Waals surface area contributed by atoms with E-state index in [-0.39, 0.29) is 11.8 Å². The van der Waals surface area contributed by atoms with Crippen LogP contribution in [0.1, 0.15) is 27.2 Å². The first-order valence-corrected chi connectivity index (χ1v) is 4.79. The van der Waals surface area contributed by atoms with Crippen LogP contribution in [0.5, 0.6) is 0 Å². The molecule has 0 nitrogen and oxygen atoms in total. The third kappa shape index (κ3) is 2.17. The standard InChI is InChI=1S/C11H16F2/c1-4-7(2)10-5-9(12)6-11(13)8(10)3/h5-8,11H,4H2,1-3H3. The van der Waals surface area contributed by atoms with Crippen molar-refractivity contribution in [2.75, 3.05) is 0 Å². The summed E-state index contributed by atoms with van der Waals surface area (Å²) in [6, 6.07) is 0. The van der Waals surface area contributed by atoms with Gasteiger partial charge < -0.3 is 0 Å². The minimum absolute atomic E-state index is 0.172. The molecule has 0 radical (unpaired) electrons. The molecule has 1 aliphatic carbocycles. The van der Waals surface area contributed by atoms with E-state index in [1.807, 2.05) is 20.8 Å². The van der Waals surface area contributed by atoms with Crippen LogP contribution in [0.15, 0.2) is 23.6 Å². The fourth-order valence-electron chi connectivity index (χ4n) is 1.65. The molecule has 1 aliphatic rings.